The van der Waals surface area contributed by atoms with Crippen LogP contribution in [0.15, 0.2) is 170 Å². The molecule has 0 aliphatic heterocycles. The number of allylic oxidation sites excluding steroid dienone is 27. The molecule has 0 rings (SSSR count). The summed E-state index contributed by atoms with van der Waals surface area (Å²) in [5.74, 6) is -0.231. The number of likely N-dealkylation sites (N-methyl/N-ethyl adjacent to an activating group) is 1. The van der Waals surface area contributed by atoms with E-state index in [1.807, 2.05) is 27.2 Å². The first-order valence-corrected chi connectivity index (χ1v) is 31.5. The Labute approximate surface area is 473 Å². The summed E-state index contributed by atoms with van der Waals surface area (Å²) in [5, 5.41) is 13.9. The second-order valence-electron chi connectivity index (χ2n) is 20.6. The molecule has 3 N–H and O–H groups in total. The number of phosphoric ester groups is 1. The second-order valence-corrected chi connectivity index (χ2v) is 22.1. The number of aliphatic hydroxyl groups excluding tert-OH is 1. The molecule has 0 bridgehead atoms. The zero-order valence-electron chi connectivity index (χ0n) is 49.4. The first-order valence-electron chi connectivity index (χ1n) is 30.0. The van der Waals surface area contributed by atoms with Gasteiger partial charge in [0.15, 0.2) is 0 Å². The van der Waals surface area contributed by atoms with Crippen molar-refractivity contribution in [2.75, 3.05) is 40.9 Å². The Hall–Kier alpha value is -4.14. The van der Waals surface area contributed by atoms with E-state index in [0.717, 1.165) is 116 Å². The minimum Gasteiger partial charge on any atom is -0.387 e. The predicted molar refractivity (Wildman–Crippen MR) is 336 cm³/mol. The summed E-state index contributed by atoms with van der Waals surface area (Å²) in [5.41, 5.74) is 0. The first-order chi connectivity index (χ1) is 37.5. The average Bonchev–Trinajstić information content (AvgIpc) is 3.39. The fourth-order valence-electron chi connectivity index (χ4n) is 7.49. The number of carbonyl (C=O) groups excluding carboxylic acids is 1. The van der Waals surface area contributed by atoms with Crippen LogP contribution in [0.4, 0.5) is 0 Å². The maximum atomic E-state index is 13.0. The smallest absolute Gasteiger partial charge is 0.387 e. The number of hydrogen-bond donors (Lipinski definition) is 3. The lowest BCUT2D eigenvalue weighted by Gasteiger charge is -2.25. The Bertz CT molecular complexity index is 1850. The number of nitrogens with one attached hydrogen (secondary N) is 1. The first kappa shape index (κ1) is 72.9. The van der Waals surface area contributed by atoms with Crippen molar-refractivity contribution in [1.82, 2.24) is 5.32 Å². The van der Waals surface area contributed by atoms with Gasteiger partial charge in [-0.2, -0.15) is 0 Å². The van der Waals surface area contributed by atoms with Gasteiger partial charge in [-0.05, 0) is 128 Å². The van der Waals surface area contributed by atoms with E-state index in [-0.39, 0.29) is 19.1 Å². The maximum Gasteiger partial charge on any atom is 0.472 e. The van der Waals surface area contributed by atoms with Gasteiger partial charge < -0.3 is 19.8 Å². The van der Waals surface area contributed by atoms with Crippen molar-refractivity contribution in [3.63, 3.8) is 0 Å². The molecule has 0 aromatic heterocycles. The molecule has 9 heteroatoms. The van der Waals surface area contributed by atoms with E-state index in [0.29, 0.717) is 23.9 Å². The van der Waals surface area contributed by atoms with Gasteiger partial charge in [-0.25, -0.2) is 4.57 Å². The number of nitrogens with zero attached hydrogens (tertiary/aromatic N) is 1. The number of quaternary nitrogens is 1. The summed E-state index contributed by atoms with van der Waals surface area (Å²) in [7, 11) is 1.49. The Morgan fingerprint density at radius 2 is 0.792 bits per heavy atom. The van der Waals surface area contributed by atoms with Crippen molar-refractivity contribution < 1.29 is 32.9 Å². The molecule has 0 saturated heterocycles. The Morgan fingerprint density at radius 3 is 1.19 bits per heavy atom. The zero-order valence-corrected chi connectivity index (χ0v) is 50.3. The number of hydrogen-bond acceptors (Lipinski definition) is 5. The second kappa shape index (κ2) is 56.6. The van der Waals surface area contributed by atoms with E-state index in [1.54, 1.807) is 6.08 Å². The molecule has 0 fully saturated rings. The van der Waals surface area contributed by atoms with Gasteiger partial charge in [-0.15, -0.1) is 0 Å². The van der Waals surface area contributed by atoms with Crippen molar-refractivity contribution in [3.8, 4) is 0 Å². The number of amides is 1. The number of unbranched alkanes of at least 4 members (excludes halogenated alkanes) is 13. The van der Waals surface area contributed by atoms with Crippen molar-refractivity contribution in [1.29, 1.82) is 0 Å². The molecule has 0 heterocycles. The summed E-state index contributed by atoms with van der Waals surface area (Å²) in [6, 6.07) is -0.902. The van der Waals surface area contributed by atoms with E-state index in [9.17, 15) is 19.4 Å². The number of rotatable bonds is 52. The van der Waals surface area contributed by atoms with Crippen LogP contribution < -0.4 is 5.32 Å². The molecule has 0 aromatic carbocycles. The highest BCUT2D eigenvalue weighted by atomic mass is 31.2. The molecule has 0 spiro atoms. The molecule has 3 unspecified atom stereocenters. The molecule has 1 amide bonds. The number of aliphatic hydroxyl groups is 1. The van der Waals surface area contributed by atoms with Crippen LogP contribution in [0, 0.1) is 0 Å². The average molecular weight is 1080 g/mol. The minimum atomic E-state index is -4.38. The van der Waals surface area contributed by atoms with Crippen LogP contribution in [-0.2, 0) is 18.4 Å². The van der Waals surface area contributed by atoms with Crippen LogP contribution in [0.5, 0.6) is 0 Å². The van der Waals surface area contributed by atoms with Crippen molar-refractivity contribution in [2.24, 2.45) is 0 Å². The maximum absolute atomic E-state index is 13.0. The SMILES string of the molecule is CC/C=C\C/C=C\C/C=C\C/C=C\C/C=C\C/C=C\C/C=C\C/C=C\C/C=C\C/C=C\C/C=C\CCCCCC(=O)NC(COP(=O)(O)OCC[N+](C)(C)C)C(O)/C=C/CC/C=C/CC/C=C/CCCCCCCCCC. The molecule has 0 radical (unpaired) electrons. The summed E-state index contributed by atoms with van der Waals surface area (Å²) >= 11 is 0. The summed E-state index contributed by atoms with van der Waals surface area (Å²) in [4.78, 5) is 23.3. The van der Waals surface area contributed by atoms with Gasteiger partial charge in [-0.3, -0.25) is 13.8 Å². The molecular formula is C68H112N2O6P+. The molecule has 0 saturated carbocycles. The fraction of sp³-hybridized carbons (Fsp3) is 0.574. The van der Waals surface area contributed by atoms with E-state index >= 15 is 0 Å². The molecule has 0 aromatic rings. The topological polar surface area (TPSA) is 105 Å². The van der Waals surface area contributed by atoms with Crippen LogP contribution in [0.1, 0.15) is 200 Å². The summed E-state index contributed by atoms with van der Waals surface area (Å²) < 4.78 is 23.6. The highest BCUT2D eigenvalue weighted by Gasteiger charge is 2.27. The minimum absolute atomic E-state index is 0.0369. The molecule has 0 aliphatic carbocycles. The van der Waals surface area contributed by atoms with Crippen LogP contribution >= 0.6 is 7.82 Å². The normalized spacial score (nSPS) is 15.1. The lowest BCUT2D eigenvalue weighted by Crippen LogP contribution is -2.45. The third-order valence-electron chi connectivity index (χ3n) is 12.1. The molecule has 77 heavy (non-hydrogen) atoms. The van der Waals surface area contributed by atoms with E-state index in [2.05, 4.69) is 177 Å². The third kappa shape index (κ3) is 59.4. The molecule has 3 atom stereocenters. The summed E-state index contributed by atoms with van der Waals surface area (Å²) in [6.45, 7) is 4.61. The van der Waals surface area contributed by atoms with Gasteiger partial charge in [0, 0.05) is 6.42 Å². The van der Waals surface area contributed by atoms with Gasteiger partial charge >= 0.3 is 7.82 Å². The van der Waals surface area contributed by atoms with E-state index in [4.69, 9.17) is 9.05 Å². The third-order valence-corrected chi connectivity index (χ3v) is 13.1. The molecular weight excluding hydrogens is 972 g/mol. The Morgan fingerprint density at radius 1 is 0.455 bits per heavy atom. The number of phosphoric acid groups is 1. The molecule has 8 nitrogen and oxygen atoms in total. The standard InChI is InChI=1S/C68H111N2O6P/c1-6-8-10-12-14-16-18-20-22-24-26-27-28-29-30-31-32-33-34-35-36-37-38-39-40-41-42-43-44-46-48-50-52-54-56-58-60-62-68(72)69-66(65-76-77(73,74)75-64-63-70(3,4)5)67(71)61-59-57-55-53-51-49-47-45-25-23-21-19-17-15-13-11-9-7-2/h8,10,14,16,20,22,25-27,29-30,32-33,35-36,38-39,41-42,44-46,50-53,59,61,66-67,71H,6-7,9,11-13,15,17-19,21,23-24,28,31,34,37,40,43,47-49,54-58,60,62-65H2,1-5H3,(H-,69,72,73,74)/p+1/b10-8-,16-14-,22-20-,27-26-,30-29-,33-32-,36-35-,39-38-,42-41-,45-25+,46-44-,52-50-,53-51+,61-59+. The van der Waals surface area contributed by atoms with Gasteiger partial charge in [0.25, 0.3) is 0 Å². The molecule has 0 aliphatic rings. The monoisotopic (exact) mass is 1080 g/mol. The number of carbonyl (C=O) groups is 1. The Kier molecular flexibility index (Phi) is 53.5. The Balaban J connectivity index is 4.34. The lowest BCUT2D eigenvalue weighted by atomic mass is 10.1. The van der Waals surface area contributed by atoms with Crippen molar-refractivity contribution in [3.05, 3.63) is 170 Å². The lowest BCUT2D eigenvalue weighted by molar-refractivity contribution is -0.870. The zero-order chi connectivity index (χ0) is 56.3. The summed E-state index contributed by atoms with van der Waals surface area (Å²) in [6.07, 6.45) is 90.4. The van der Waals surface area contributed by atoms with Crippen LogP contribution in [0.2, 0.25) is 0 Å². The largest absolute Gasteiger partial charge is 0.472 e. The van der Waals surface area contributed by atoms with Crippen molar-refractivity contribution >= 4 is 13.7 Å². The van der Waals surface area contributed by atoms with Crippen molar-refractivity contribution in [2.45, 2.75) is 212 Å². The van der Waals surface area contributed by atoms with Gasteiger partial charge in [-0.1, -0.05) is 235 Å². The molecule has 434 valence electrons. The van der Waals surface area contributed by atoms with Gasteiger partial charge in [0.2, 0.25) is 5.91 Å². The van der Waals surface area contributed by atoms with Gasteiger partial charge in [0.05, 0.1) is 39.9 Å². The van der Waals surface area contributed by atoms with Crippen LogP contribution in [0.3, 0.4) is 0 Å². The van der Waals surface area contributed by atoms with Crippen LogP contribution in [0.25, 0.3) is 0 Å². The highest BCUT2D eigenvalue weighted by Crippen LogP contribution is 2.43. The van der Waals surface area contributed by atoms with Crippen LogP contribution in [-0.4, -0.2) is 73.4 Å². The van der Waals surface area contributed by atoms with Gasteiger partial charge in [0.1, 0.15) is 13.2 Å². The predicted octanol–water partition coefficient (Wildman–Crippen LogP) is 18.8. The fourth-order valence-corrected chi connectivity index (χ4v) is 8.22. The highest BCUT2D eigenvalue weighted by molar-refractivity contribution is 7.47. The quantitative estimate of drug-likeness (QED) is 0.0243. The van der Waals surface area contributed by atoms with E-state index in [1.165, 1.54) is 57.8 Å². The van der Waals surface area contributed by atoms with E-state index < -0.39 is 20.0 Å².